The molecular weight excluding hydrogens is 230 g/mol. The van der Waals surface area contributed by atoms with Crippen molar-refractivity contribution < 1.29 is 5.21 Å². The summed E-state index contributed by atoms with van der Waals surface area (Å²) in [5.41, 5.74) is 0.920. The highest BCUT2D eigenvalue weighted by molar-refractivity contribution is 8.00. The van der Waals surface area contributed by atoms with E-state index < -0.39 is 0 Å². The topological polar surface area (TPSA) is 32.6 Å². The number of benzene rings is 1. The standard InChI is InChI=1S/C14H17NOS/c16-15-13-10-6-1-2-7-11-14(13)17-12-8-4-3-5-9-12/h1-5,8-9,14,16H,6-7,10-11H2/b2-1?,15-13-/t14-/m1/s1. The highest BCUT2D eigenvalue weighted by Gasteiger charge is 2.18. The van der Waals surface area contributed by atoms with Gasteiger partial charge in [-0.2, -0.15) is 0 Å². The van der Waals surface area contributed by atoms with Crippen molar-refractivity contribution in [1.29, 1.82) is 0 Å². The smallest absolute Gasteiger partial charge is 0.0707 e. The van der Waals surface area contributed by atoms with E-state index >= 15 is 0 Å². The molecule has 3 heteroatoms. The van der Waals surface area contributed by atoms with E-state index in [4.69, 9.17) is 5.21 Å². The maximum absolute atomic E-state index is 9.11. The summed E-state index contributed by atoms with van der Waals surface area (Å²) in [5, 5.41) is 12.9. The SMILES string of the molecule is O/N=C1/CCC=CCC[C@H]1Sc1ccccc1. The van der Waals surface area contributed by atoms with Crippen molar-refractivity contribution in [1.82, 2.24) is 0 Å². The van der Waals surface area contributed by atoms with Crippen molar-refractivity contribution in [3.63, 3.8) is 0 Å². The van der Waals surface area contributed by atoms with Gasteiger partial charge < -0.3 is 5.21 Å². The molecular formula is C14H17NOS. The second kappa shape index (κ2) is 6.50. The van der Waals surface area contributed by atoms with Crippen LogP contribution in [0.25, 0.3) is 0 Å². The second-order valence-corrected chi connectivity index (χ2v) is 5.37. The highest BCUT2D eigenvalue weighted by Crippen LogP contribution is 2.29. The molecule has 0 saturated carbocycles. The lowest BCUT2D eigenvalue weighted by molar-refractivity contribution is 0.316. The summed E-state index contributed by atoms with van der Waals surface area (Å²) in [4.78, 5) is 1.24. The molecule has 0 saturated heterocycles. The Bertz CT molecular complexity index is 400. The molecule has 0 radical (unpaired) electrons. The molecule has 0 aromatic heterocycles. The Morgan fingerprint density at radius 1 is 1.12 bits per heavy atom. The van der Waals surface area contributed by atoms with E-state index in [1.54, 1.807) is 11.8 Å². The van der Waals surface area contributed by atoms with E-state index in [1.165, 1.54) is 4.90 Å². The fourth-order valence-electron chi connectivity index (χ4n) is 1.95. The molecule has 0 amide bonds. The first-order chi connectivity index (χ1) is 8.40. The molecule has 1 N–H and O–H groups in total. The van der Waals surface area contributed by atoms with Gasteiger partial charge >= 0.3 is 0 Å². The van der Waals surface area contributed by atoms with Crippen molar-refractivity contribution >= 4 is 17.5 Å². The predicted octanol–water partition coefficient (Wildman–Crippen LogP) is 4.11. The molecule has 0 fully saturated rings. The van der Waals surface area contributed by atoms with Gasteiger partial charge in [-0.05, 0) is 37.8 Å². The van der Waals surface area contributed by atoms with Gasteiger partial charge in [-0.15, -0.1) is 11.8 Å². The number of rotatable bonds is 2. The molecule has 1 aliphatic rings. The van der Waals surface area contributed by atoms with Crippen molar-refractivity contribution in [3.8, 4) is 0 Å². The zero-order valence-corrected chi connectivity index (χ0v) is 10.6. The summed E-state index contributed by atoms with van der Waals surface area (Å²) >= 11 is 1.80. The van der Waals surface area contributed by atoms with Crippen LogP contribution < -0.4 is 0 Å². The van der Waals surface area contributed by atoms with Gasteiger partial charge in [-0.1, -0.05) is 35.5 Å². The molecule has 0 spiro atoms. The van der Waals surface area contributed by atoms with Crippen LogP contribution in [0.5, 0.6) is 0 Å². The van der Waals surface area contributed by atoms with Crippen LogP contribution in [-0.4, -0.2) is 16.2 Å². The fourth-order valence-corrected chi connectivity index (χ4v) is 3.14. The number of nitrogens with zero attached hydrogens (tertiary/aromatic N) is 1. The summed E-state index contributed by atoms with van der Waals surface area (Å²) in [6, 6.07) is 10.3. The Balaban J connectivity index is 2.08. The second-order valence-electron chi connectivity index (χ2n) is 4.10. The quantitative estimate of drug-likeness (QED) is 0.484. The minimum atomic E-state index is 0.298. The van der Waals surface area contributed by atoms with E-state index in [2.05, 4.69) is 29.4 Å². The zero-order valence-electron chi connectivity index (χ0n) is 9.75. The Hall–Kier alpha value is -1.22. The normalized spacial score (nSPS) is 23.3. The Morgan fingerprint density at radius 3 is 2.65 bits per heavy atom. The molecule has 0 bridgehead atoms. The van der Waals surface area contributed by atoms with Crippen LogP contribution in [-0.2, 0) is 0 Å². The lowest BCUT2D eigenvalue weighted by Crippen LogP contribution is -2.18. The zero-order chi connectivity index (χ0) is 11.9. The van der Waals surface area contributed by atoms with E-state index in [9.17, 15) is 0 Å². The maximum Gasteiger partial charge on any atom is 0.0707 e. The molecule has 2 rings (SSSR count). The Kier molecular flexibility index (Phi) is 4.68. The van der Waals surface area contributed by atoms with Crippen LogP contribution in [0.1, 0.15) is 25.7 Å². The predicted molar refractivity (Wildman–Crippen MR) is 72.9 cm³/mol. The maximum atomic E-state index is 9.11. The average Bonchev–Trinajstić information content (AvgIpc) is 2.34. The van der Waals surface area contributed by atoms with E-state index in [1.807, 2.05) is 18.2 Å². The third-order valence-electron chi connectivity index (χ3n) is 2.85. The van der Waals surface area contributed by atoms with E-state index in [0.717, 1.165) is 31.4 Å². The molecule has 1 aromatic carbocycles. The van der Waals surface area contributed by atoms with Crippen LogP contribution in [0.4, 0.5) is 0 Å². The number of thioether (sulfide) groups is 1. The number of hydrogen-bond acceptors (Lipinski definition) is 3. The van der Waals surface area contributed by atoms with Crippen molar-refractivity contribution in [3.05, 3.63) is 42.5 Å². The molecule has 1 aliphatic carbocycles. The molecule has 90 valence electrons. The fraction of sp³-hybridized carbons (Fsp3) is 0.357. The molecule has 0 aliphatic heterocycles. The number of hydrogen-bond donors (Lipinski definition) is 1. The minimum absolute atomic E-state index is 0.298. The van der Waals surface area contributed by atoms with Crippen molar-refractivity contribution in [2.45, 2.75) is 35.8 Å². The first-order valence-corrected chi connectivity index (χ1v) is 6.85. The van der Waals surface area contributed by atoms with Crippen molar-refractivity contribution in [2.24, 2.45) is 5.16 Å². The van der Waals surface area contributed by atoms with Crippen LogP contribution in [0, 0.1) is 0 Å². The van der Waals surface area contributed by atoms with Crippen LogP contribution in [0.15, 0.2) is 52.5 Å². The van der Waals surface area contributed by atoms with Crippen molar-refractivity contribution in [2.75, 3.05) is 0 Å². The lowest BCUT2D eigenvalue weighted by Gasteiger charge is -2.18. The summed E-state index contributed by atoms with van der Waals surface area (Å²) in [7, 11) is 0. The van der Waals surface area contributed by atoms with Gasteiger partial charge in [0.1, 0.15) is 0 Å². The van der Waals surface area contributed by atoms with Gasteiger partial charge in [0.2, 0.25) is 0 Å². The van der Waals surface area contributed by atoms with Gasteiger partial charge in [0, 0.05) is 4.90 Å². The Morgan fingerprint density at radius 2 is 1.88 bits per heavy atom. The first-order valence-electron chi connectivity index (χ1n) is 5.97. The van der Waals surface area contributed by atoms with Gasteiger partial charge in [0.15, 0.2) is 0 Å². The number of oxime groups is 1. The molecule has 1 aromatic rings. The lowest BCUT2D eigenvalue weighted by atomic mass is 10.0. The Labute approximate surface area is 106 Å². The summed E-state index contributed by atoms with van der Waals surface area (Å²) in [6.07, 6.45) is 8.34. The largest absolute Gasteiger partial charge is 0.411 e. The minimum Gasteiger partial charge on any atom is -0.411 e. The molecule has 0 unspecified atom stereocenters. The summed E-state index contributed by atoms with van der Waals surface area (Å²) in [5.74, 6) is 0. The van der Waals surface area contributed by atoms with Gasteiger partial charge in [0.05, 0.1) is 11.0 Å². The number of allylic oxidation sites excluding steroid dienone is 2. The molecule has 2 nitrogen and oxygen atoms in total. The van der Waals surface area contributed by atoms with Crippen LogP contribution in [0.2, 0.25) is 0 Å². The molecule has 17 heavy (non-hydrogen) atoms. The van der Waals surface area contributed by atoms with Gasteiger partial charge in [-0.3, -0.25) is 0 Å². The molecule has 1 atom stereocenters. The van der Waals surface area contributed by atoms with E-state index in [0.29, 0.717) is 5.25 Å². The van der Waals surface area contributed by atoms with Gasteiger partial charge in [-0.25, -0.2) is 0 Å². The highest BCUT2D eigenvalue weighted by atomic mass is 32.2. The third-order valence-corrected chi connectivity index (χ3v) is 4.19. The summed E-state index contributed by atoms with van der Waals surface area (Å²) < 4.78 is 0. The third kappa shape index (κ3) is 3.63. The first kappa shape index (κ1) is 12.2. The van der Waals surface area contributed by atoms with Gasteiger partial charge in [0.25, 0.3) is 0 Å². The average molecular weight is 247 g/mol. The van der Waals surface area contributed by atoms with Crippen LogP contribution in [0.3, 0.4) is 0 Å². The molecule has 0 heterocycles. The monoisotopic (exact) mass is 247 g/mol. The van der Waals surface area contributed by atoms with E-state index in [-0.39, 0.29) is 0 Å². The van der Waals surface area contributed by atoms with Crippen LogP contribution >= 0.6 is 11.8 Å². The summed E-state index contributed by atoms with van der Waals surface area (Å²) in [6.45, 7) is 0.